The lowest BCUT2D eigenvalue weighted by molar-refractivity contribution is 0.0995. The molecule has 1 aliphatic heterocycles. The maximum atomic E-state index is 13.8. The normalized spacial score (nSPS) is 19.9. The molecule has 0 aliphatic carbocycles. The van der Waals surface area contributed by atoms with Crippen LogP contribution in [-0.2, 0) is 11.2 Å². The summed E-state index contributed by atoms with van der Waals surface area (Å²) in [6.07, 6.45) is 6.07. The summed E-state index contributed by atoms with van der Waals surface area (Å²) in [5.41, 5.74) is 0.455. The summed E-state index contributed by atoms with van der Waals surface area (Å²) in [6, 6.07) is 3.86. The van der Waals surface area contributed by atoms with Crippen LogP contribution in [0, 0.1) is 11.6 Å². The zero-order chi connectivity index (χ0) is 15.1. The monoisotopic (exact) mass is 297 g/mol. The molecule has 1 fully saturated rings. The van der Waals surface area contributed by atoms with E-state index >= 15 is 0 Å². The molecule has 2 rings (SSSR count). The highest BCUT2D eigenvalue weighted by Crippen LogP contribution is 2.20. The number of halogens is 2. The van der Waals surface area contributed by atoms with Crippen molar-refractivity contribution in [2.75, 3.05) is 13.2 Å². The van der Waals surface area contributed by atoms with Crippen molar-refractivity contribution < 1.29 is 13.5 Å². The molecule has 2 atom stereocenters. The standard InChI is InChI=1S/C17H25F2NO/c1-2-9-20-15(6-7-16-4-3-10-21-16)12-13-11-14(18)5-8-17(13)19/h5,8,11,15-16,20H,2-4,6-7,9-10,12H2,1H3. The van der Waals surface area contributed by atoms with Gasteiger partial charge >= 0.3 is 0 Å². The molecule has 0 bridgehead atoms. The van der Waals surface area contributed by atoms with Crippen LogP contribution in [0.3, 0.4) is 0 Å². The van der Waals surface area contributed by atoms with Crippen LogP contribution in [-0.4, -0.2) is 25.3 Å². The Bertz CT molecular complexity index is 433. The van der Waals surface area contributed by atoms with E-state index in [1.807, 2.05) is 0 Å². The molecule has 0 saturated carbocycles. The summed E-state index contributed by atoms with van der Waals surface area (Å²) in [7, 11) is 0. The maximum absolute atomic E-state index is 13.8. The molecule has 21 heavy (non-hydrogen) atoms. The van der Waals surface area contributed by atoms with Crippen LogP contribution in [0.5, 0.6) is 0 Å². The molecule has 1 aromatic carbocycles. The van der Waals surface area contributed by atoms with Crippen molar-refractivity contribution in [3.8, 4) is 0 Å². The minimum Gasteiger partial charge on any atom is -0.378 e. The van der Waals surface area contributed by atoms with E-state index in [4.69, 9.17) is 4.74 Å². The van der Waals surface area contributed by atoms with Crippen LogP contribution in [0.4, 0.5) is 8.78 Å². The first kappa shape index (κ1) is 16.4. The van der Waals surface area contributed by atoms with Gasteiger partial charge in [-0.05, 0) is 68.8 Å². The van der Waals surface area contributed by atoms with Gasteiger partial charge in [0.05, 0.1) is 6.10 Å². The molecule has 0 radical (unpaired) electrons. The Morgan fingerprint density at radius 3 is 2.95 bits per heavy atom. The first-order valence-corrected chi connectivity index (χ1v) is 7.98. The Balaban J connectivity index is 1.92. The molecule has 0 amide bonds. The molecule has 1 aliphatic rings. The Morgan fingerprint density at radius 2 is 2.24 bits per heavy atom. The minimum atomic E-state index is -0.375. The Kier molecular flexibility index (Phi) is 6.58. The van der Waals surface area contributed by atoms with Gasteiger partial charge in [-0.3, -0.25) is 0 Å². The van der Waals surface area contributed by atoms with Crippen LogP contribution in [0.2, 0.25) is 0 Å². The molecule has 2 nitrogen and oxygen atoms in total. The Labute approximate surface area is 125 Å². The van der Waals surface area contributed by atoms with Gasteiger partial charge in [0.1, 0.15) is 11.6 Å². The molecular weight excluding hydrogens is 272 g/mol. The van der Waals surface area contributed by atoms with Crippen LogP contribution in [0.1, 0.15) is 44.6 Å². The van der Waals surface area contributed by atoms with Crippen LogP contribution in [0.15, 0.2) is 18.2 Å². The number of ether oxygens (including phenoxy) is 1. The number of rotatable bonds is 8. The first-order chi connectivity index (χ1) is 10.2. The third-order valence-corrected chi connectivity index (χ3v) is 4.02. The van der Waals surface area contributed by atoms with Gasteiger partial charge in [0.15, 0.2) is 0 Å². The zero-order valence-corrected chi connectivity index (χ0v) is 12.7. The van der Waals surface area contributed by atoms with Gasteiger partial charge in [0.2, 0.25) is 0 Å². The lowest BCUT2D eigenvalue weighted by Crippen LogP contribution is -2.33. The van der Waals surface area contributed by atoms with E-state index in [9.17, 15) is 8.78 Å². The van der Waals surface area contributed by atoms with Crippen molar-refractivity contribution >= 4 is 0 Å². The number of benzene rings is 1. The predicted molar refractivity (Wildman–Crippen MR) is 80.4 cm³/mol. The predicted octanol–water partition coefficient (Wildman–Crippen LogP) is 3.83. The fraction of sp³-hybridized carbons (Fsp3) is 0.647. The van der Waals surface area contributed by atoms with Gasteiger partial charge in [-0.15, -0.1) is 0 Å². The second kappa shape index (κ2) is 8.44. The summed E-state index contributed by atoms with van der Waals surface area (Å²) in [5.74, 6) is -0.698. The summed E-state index contributed by atoms with van der Waals surface area (Å²) in [6.45, 7) is 3.86. The van der Waals surface area contributed by atoms with Crippen LogP contribution < -0.4 is 5.32 Å². The molecule has 1 N–H and O–H groups in total. The summed E-state index contributed by atoms with van der Waals surface area (Å²) >= 11 is 0. The highest BCUT2D eigenvalue weighted by Gasteiger charge is 2.19. The first-order valence-electron chi connectivity index (χ1n) is 7.98. The smallest absolute Gasteiger partial charge is 0.126 e. The van der Waals surface area contributed by atoms with Gasteiger partial charge in [0, 0.05) is 12.6 Å². The summed E-state index contributed by atoms with van der Waals surface area (Å²) in [5, 5.41) is 3.44. The fourth-order valence-electron chi connectivity index (χ4n) is 2.85. The van der Waals surface area contributed by atoms with Crippen molar-refractivity contribution in [2.45, 2.75) is 57.6 Å². The van der Waals surface area contributed by atoms with E-state index in [0.717, 1.165) is 45.3 Å². The second-order valence-corrected chi connectivity index (χ2v) is 5.80. The minimum absolute atomic E-state index is 0.172. The van der Waals surface area contributed by atoms with E-state index in [1.165, 1.54) is 18.2 Å². The average molecular weight is 297 g/mol. The molecule has 4 heteroatoms. The van der Waals surface area contributed by atoms with Crippen molar-refractivity contribution in [1.29, 1.82) is 0 Å². The molecule has 1 heterocycles. The molecular formula is C17H25F2NO. The molecule has 1 aromatic rings. The van der Waals surface area contributed by atoms with Crippen molar-refractivity contribution in [3.63, 3.8) is 0 Å². The zero-order valence-electron chi connectivity index (χ0n) is 12.7. The second-order valence-electron chi connectivity index (χ2n) is 5.80. The quantitative estimate of drug-likeness (QED) is 0.787. The third-order valence-electron chi connectivity index (χ3n) is 4.02. The molecule has 0 aromatic heterocycles. The van der Waals surface area contributed by atoms with Gasteiger partial charge in [-0.1, -0.05) is 6.92 Å². The van der Waals surface area contributed by atoms with Crippen molar-refractivity contribution in [3.05, 3.63) is 35.4 Å². The van der Waals surface area contributed by atoms with E-state index in [2.05, 4.69) is 12.2 Å². The van der Waals surface area contributed by atoms with E-state index in [-0.39, 0.29) is 17.7 Å². The molecule has 1 saturated heterocycles. The fourth-order valence-corrected chi connectivity index (χ4v) is 2.85. The van der Waals surface area contributed by atoms with Gasteiger partial charge < -0.3 is 10.1 Å². The maximum Gasteiger partial charge on any atom is 0.126 e. The van der Waals surface area contributed by atoms with Crippen LogP contribution in [0.25, 0.3) is 0 Å². The summed E-state index contributed by atoms with van der Waals surface area (Å²) in [4.78, 5) is 0. The average Bonchev–Trinajstić information content (AvgIpc) is 2.99. The van der Waals surface area contributed by atoms with E-state index < -0.39 is 0 Å². The lowest BCUT2D eigenvalue weighted by atomic mass is 9.98. The molecule has 2 unspecified atom stereocenters. The topological polar surface area (TPSA) is 21.3 Å². The van der Waals surface area contributed by atoms with Gasteiger partial charge in [-0.25, -0.2) is 8.78 Å². The number of hydrogen-bond acceptors (Lipinski definition) is 2. The number of hydrogen-bond donors (Lipinski definition) is 1. The van der Waals surface area contributed by atoms with Gasteiger partial charge in [-0.2, -0.15) is 0 Å². The van der Waals surface area contributed by atoms with E-state index in [1.54, 1.807) is 0 Å². The highest BCUT2D eigenvalue weighted by atomic mass is 19.1. The van der Waals surface area contributed by atoms with Crippen molar-refractivity contribution in [1.82, 2.24) is 5.32 Å². The van der Waals surface area contributed by atoms with Crippen LogP contribution >= 0.6 is 0 Å². The SMILES string of the molecule is CCCNC(CCC1CCCO1)Cc1cc(F)ccc1F. The third kappa shape index (κ3) is 5.36. The molecule has 0 spiro atoms. The molecule has 118 valence electrons. The van der Waals surface area contributed by atoms with E-state index in [0.29, 0.717) is 18.1 Å². The Hall–Kier alpha value is -1.00. The van der Waals surface area contributed by atoms with Crippen molar-refractivity contribution in [2.24, 2.45) is 0 Å². The summed E-state index contributed by atoms with van der Waals surface area (Å²) < 4.78 is 32.7. The largest absolute Gasteiger partial charge is 0.378 e. The number of nitrogens with one attached hydrogen (secondary N) is 1. The lowest BCUT2D eigenvalue weighted by Gasteiger charge is -2.20. The Morgan fingerprint density at radius 1 is 1.38 bits per heavy atom. The van der Waals surface area contributed by atoms with Gasteiger partial charge in [0.25, 0.3) is 0 Å². The highest BCUT2D eigenvalue weighted by molar-refractivity contribution is 5.19.